The minimum atomic E-state index is -0.459. The first kappa shape index (κ1) is 23.1. The van der Waals surface area contributed by atoms with Crippen molar-refractivity contribution < 1.29 is 9.59 Å². The second-order valence-electron chi connectivity index (χ2n) is 8.88. The molecule has 1 fully saturated rings. The first-order chi connectivity index (χ1) is 15.0. The van der Waals surface area contributed by atoms with Gasteiger partial charge in [-0.2, -0.15) is 0 Å². The average Bonchev–Trinajstić information content (AvgIpc) is 2.76. The first-order valence-corrected chi connectivity index (χ1v) is 11.7. The van der Waals surface area contributed by atoms with E-state index in [1.807, 2.05) is 50.2 Å². The number of rotatable bonds is 8. The van der Waals surface area contributed by atoms with Gasteiger partial charge in [0.05, 0.1) is 6.42 Å². The van der Waals surface area contributed by atoms with Crippen LogP contribution in [0.1, 0.15) is 67.7 Å². The third kappa shape index (κ3) is 6.43. The first-order valence-electron chi connectivity index (χ1n) is 11.7. The lowest BCUT2D eigenvalue weighted by Crippen LogP contribution is -2.52. The van der Waals surface area contributed by atoms with E-state index in [0.29, 0.717) is 19.4 Å². The van der Waals surface area contributed by atoms with Gasteiger partial charge < -0.3 is 10.2 Å². The Hall–Kier alpha value is -2.62. The van der Waals surface area contributed by atoms with Gasteiger partial charge in [-0.1, -0.05) is 80.3 Å². The molecule has 0 heterocycles. The number of amides is 2. The molecule has 2 aromatic carbocycles. The van der Waals surface area contributed by atoms with E-state index < -0.39 is 6.04 Å². The lowest BCUT2D eigenvalue weighted by molar-refractivity contribution is -0.141. The van der Waals surface area contributed by atoms with Gasteiger partial charge in [-0.15, -0.1) is 0 Å². The highest BCUT2D eigenvalue weighted by molar-refractivity contribution is 5.88. The number of nitrogens with zero attached hydrogens (tertiary/aromatic N) is 1. The number of hydrogen-bond acceptors (Lipinski definition) is 2. The van der Waals surface area contributed by atoms with Crippen molar-refractivity contribution in [3.63, 3.8) is 0 Å². The third-order valence-electron chi connectivity index (χ3n) is 6.38. The Morgan fingerprint density at radius 1 is 1.03 bits per heavy atom. The summed E-state index contributed by atoms with van der Waals surface area (Å²) in [5.74, 6) is -0.0124. The molecule has 1 unspecified atom stereocenters. The van der Waals surface area contributed by atoms with E-state index in [1.54, 1.807) is 4.90 Å². The van der Waals surface area contributed by atoms with Gasteiger partial charge in [0.25, 0.3) is 0 Å². The monoisotopic (exact) mass is 420 g/mol. The normalized spacial score (nSPS) is 15.3. The molecular formula is C27H36N2O2. The number of aryl methyl sites for hydroxylation is 2. The van der Waals surface area contributed by atoms with Crippen LogP contribution in [0.3, 0.4) is 0 Å². The molecule has 2 aromatic rings. The van der Waals surface area contributed by atoms with E-state index in [1.165, 1.54) is 19.3 Å². The second kappa shape index (κ2) is 11.1. The molecule has 0 radical (unpaired) electrons. The summed E-state index contributed by atoms with van der Waals surface area (Å²) in [7, 11) is 0. The van der Waals surface area contributed by atoms with Gasteiger partial charge in [0.1, 0.15) is 6.04 Å². The molecule has 2 amide bonds. The fraction of sp³-hybridized carbons (Fsp3) is 0.481. The molecule has 0 spiro atoms. The maximum absolute atomic E-state index is 13.5. The van der Waals surface area contributed by atoms with Gasteiger partial charge >= 0.3 is 0 Å². The molecule has 31 heavy (non-hydrogen) atoms. The topological polar surface area (TPSA) is 49.4 Å². The summed E-state index contributed by atoms with van der Waals surface area (Å²) >= 11 is 0. The molecule has 1 aliphatic carbocycles. The maximum atomic E-state index is 13.5. The molecule has 4 nitrogen and oxygen atoms in total. The number of benzene rings is 2. The van der Waals surface area contributed by atoms with Crippen LogP contribution in [0.4, 0.5) is 0 Å². The highest BCUT2D eigenvalue weighted by Gasteiger charge is 2.30. The van der Waals surface area contributed by atoms with Crippen molar-refractivity contribution in [2.75, 3.05) is 0 Å². The van der Waals surface area contributed by atoms with Crippen molar-refractivity contribution >= 4 is 11.8 Å². The zero-order valence-electron chi connectivity index (χ0n) is 19.2. The van der Waals surface area contributed by atoms with Gasteiger partial charge in [-0.3, -0.25) is 9.59 Å². The fourth-order valence-electron chi connectivity index (χ4n) is 4.54. The van der Waals surface area contributed by atoms with Crippen molar-refractivity contribution in [1.29, 1.82) is 0 Å². The SMILES string of the molecule is CCC(C(=O)NC1CCCCC1)N(Cc1cccc(C)c1)C(=O)Cc1ccccc1C. The minimum absolute atomic E-state index is 0.00134. The van der Waals surface area contributed by atoms with E-state index >= 15 is 0 Å². The Balaban J connectivity index is 1.82. The Kier molecular flexibility index (Phi) is 8.27. The van der Waals surface area contributed by atoms with Gasteiger partial charge in [0.15, 0.2) is 0 Å². The lowest BCUT2D eigenvalue weighted by Gasteiger charge is -2.33. The molecule has 1 saturated carbocycles. The van der Waals surface area contributed by atoms with Crippen molar-refractivity contribution in [2.24, 2.45) is 0 Å². The predicted molar refractivity (Wildman–Crippen MR) is 126 cm³/mol. The summed E-state index contributed by atoms with van der Waals surface area (Å²) in [4.78, 5) is 28.5. The molecule has 0 aliphatic heterocycles. The van der Waals surface area contributed by atoms with Crippen molar-refractivity contribution in [1.82, 2.24) is 10.2 Å². The quantitative estimate of drug-likeness (QED) is 0.646. The van der Waals surface area contributed by atoms with Gasteiger partial charge in [0, 0.05) is 12.6 Å². The van der Waals surface area contributed by atoms with Crippen LogP contribution in [-0.4, -0.2) is 28.8 Å². The highest BCUT2D eigenvalue weighted by atomic mass is 16.2. The summed E-state index contributed by atoms with van der Waals surface area (Å²) in [6.45, 7) is 6.52. The van der Waals surface area contributed by atoms with E-state index in [-0.39, 0.29) is 17.9 Å². The summed E-state index contributed by atoms with van der Waals surface area (Å²) in [5, 5.41) is 3.24. The van der Waals surface area contributed by atoms with Crippen LogP contribution in [0, 0.1) is 13.8 Å². The summed E-state index contributed by atoms with van der Waals surface area (Å²) < 4.78 is 0. The van der Waals surface area contributed by atoms with Crippen LogP contribution in [0.25, 0.3) is 0 Å². The van der Waals surface area contributed by atoms with Crippen molar-refractivity contribution in [3.05, 3.63) is 70.8 Å². The summed E-state index contributed by atoms with van der Waals surface area (Å²) in [5.41, 5.74) is 4.33. The average molecular weight is 421 g/mol. The molecule has 1 N–H and O–H groups in total. The van der Waals surface area contributed by atoms with Crippen LogP contribution in [0.5, 0.6) is 0 Å². The number of nitrogens with one attached hydrogen (secondary N) is 1. The number of carbonyl (C=O) groups excluding carboxylic acids is 2. The van der Waals surface area contributed by atoms with E-state index in [9.17, 15) is 9.59 Å². The molecular weight excluding hydrogens is 384 g/mol. The summed E-state index contributed by atoms with van der Waals surface area (Å²) in [6, 6.07) is 16.0. The number of hydrogen-bond donors (Lipinski definition) is 1. The van der Waals surface area contributed by atoms with Crippen molar-refractivity contribution in [3.8, 4) is 0 Å². The van der Waals surface area contributed by atoms with Crippen LogP contribution < -0.4 is 5.32 Å². The van der Waals surface area contributed by atoms with Crippen LogP contribution in [-0.2, 0) is 22.6 Å². The molecule has 166 valence electrons. The Morgan fingerprint density at radius 3 is 2.45 bits per heavy atom. The smallest absolute Gasteiger partial charge is 0.243 e. The molecule has 0 saturated heterocycles. The lowest BCUT2D eigenvalue weighted by atomic mass is 9.95. The second-order valence-corrected chi connectivity index (χ2v) is 8.88. The molecule has 4 heteroatoms. The van der Waals surface area contributed by atoms with Gasteiger partial charge in [-0.25, -0.2) is 0 Å². The van der Waals surface area contributed by atoms with E-state index in [0.717, 1.165) is 35.1 Å². The van der Waals surface area contributed by atoms with Crippen molar-refractivity contribution in [2.45, 2.75) is 84.3 Å². The van der Waals surface area contributed by atoms with Crippen LogP contribution >= 0.6 is 0 Å². The Labute approximate surface area is 187 Å². The largest absolute Gasteiger partial charge is 0.352 e. The molecule has 0 bridgehead atoms. The molecule has 0 aromatic heterocycles. The molecule has 3 rings (SSSR count). The number of carbonyl (C=O) groups is 2. The molecule has 1 atom stereocenters. The highest BCUT2D eigenvalue weighted by Crippen LogP contribution is 2.20. The Morgan fingerprint density at radius 2 is 1.77 bits per heavy atom. The van der Waals surface area contributed by atoms with E-state index in [4.69, 9.17) is 0 Å². The standard InChI is InChI=1S/C27H36N2O2/c1-4-25(27(31)28-24-15-6-5-7-16-24)29(19-22-13-10-11-20(2)17-22)26(30)18-23-14-9-8-12-21(23)3/h8-14,17,24-25H,4-7,15-16,18-19H2,1-3H3,(H,28,31). The zero-order chi connectivity index (χ0) is 22.2. The van der Waals surface area contributed by atoms with E-state index in [2.05, 4.69) is 24.4 Å². The van der Waals surface area contributed by atoms with Crippen LogP contribution in [0.2, 0.25) is 0 Å². The third-order valence-corrected chi connectivity index (χ3v) is 6.38. The van der Waals surface area contributed by atoms with Gasteiger partial charge in [-0.05, 0) is 49.8 Å². The zero-order valence-corrected chi connectivity index (χ0v) is 19.2. The summed E-state index contributed by atoms with van der Waals surface area (Å²) in [6.07, 6.45) is 6.57. The van der Waals surface area contributed by atoms with Crippen LogP contribution in [0.15, 0.2) is 48.5 Å². The fourth-order valence-corrected chi connectivity index (χ4v) is 4.54. The van der Waals surface area contributed by atoms with Gasteiger partial charge in [0.2, 0.25) is 11.8 Å². The maximum Gasteiger partial charge on any atom is 0.243 e. The minimum Gasteiger partial charge on any atom is -0.352 e. The Bertz CT molecular complexity index is 886. The molecule has 1 aliphatic rings. The predicted octanol–water partition coefficient (Wildman–Crippen LogP) is 5.10.